The largest absolute Gasteiger partial charge is 0.493 e. The Kier molecular flexibility index (Phi) is 4.66. The summed E-state index contributed by atoms with van der Waals surface area (Å²) in [6.07, 6.45) is -0.692. The van der Waals surface area contributed by atoms with Crippen molar-refractivity contribution in [1.82, 2.24) is 4.90 Å². The lowest BCUT2D eigenvalue weighted by atomic mass is 10.0. The average Bonchev–Trinajstić information content (AvgIpc) is 2.66. The Labute approximate surface area is 150 Å². The zero-order valence-electron chi connectivity index (χ0n) is 14.7. The smallest absolute Gasteiger partial charge is 0.280 e. The van der Waals surface area contributed by atoms with Crippen LogP contribution in [0.3, 0.4) is 0 Å². The van der Waals surface area contributed by atoms with E-state index in [1.165, 1.54) is 20.3 Å². The Balaban J connectivity index is 2.18. The number of fused-ring (bicyclic) bond motifs is 1. The maximum absolute atomic E-state index is 12.9. The van der Waals surface area contributed by atoms with Gasteiger partial charge in [0.05, 0.1) is 36.3 Å². The number of nitro groups is 1. The number of methoxy groups -OCH3 is 2. The molecule has 1 amide bonds. The van der Waals surface area contributed by atoms with Crippen LogP contribution in [0, 0.1) is 10.1 Å². The SMILES string of the molecule is CCN1C(=O)c2ccccc2N[C@@H]1c1cc(OC)c(OC)cc1[N+](=O)[O-]. The van der Waals surface area contributed by atoms with Crippen molar-refractivity contribution in [2.24, 2.45) is 0 Å². The number of carbonyl (C=O) groups is 1. The summed E-state index contributed by atoms with van der Waals surface area (Å²) in [5.41, 5.74) is 1.35. The number of nitro benzene ring substituents is 1. The molecule has 0 unspecified atom stereocenters. The zero-order valence-corrected chi connectivity index (χ0v) is 14.7. The van der Waals surface area contributed by atoms with Crippen molar-refractivity contribution < 1.29 is 19.2 Å². The molecule has 0 spiro atoms. The first-order valence-corrected chi connectivity index (χ1v) is 8.08. The zero-order chi connectivity index (χ0) is 18.8. The Bertz CT molecular complexity index is 868. The Morgan fingerprint density at radius 2 is 1.85 bits per heavy atom. The van der Waals surface area contributed by atoms with Crippen LogP contribution in [0.25, 0.3) is 0 Å². The van der Waals surface area contributed by atoms with E-state index in [0.29, 0.717) is 29.1 Å². The van der Waals surface area contributed by atoms with Crippen LogP contribution in [0.5, 0.6) is 11.5 Å². The topological polar surface area (TPSA) is 93.9 Å². The fraction of sp³-hybridized carbons (Fsp3) is 0.278. The van der Waals surface area contributed by atoms with Gasteiger partial charge < -0.3 is 19.7 Å². The lowest BCUT2D eigenvalue weighted by Gasteiger charge is -2.37. The van der Waals surface area contributed by atoms with Gasteiger partial charge in [-0.15, -0.1) is 0 Å². The number of hydrogen-bond donors (Lipinski definition) is 1. The van der Waals surface area contributed by atoms with E-state index < -0.39 is 11.1 Å². The highest BCUT2D eigenvalue weighted by Crippen LogP contribution is 2.41. The van der Waals surface area contributed by atoms with E-state index in [1.54, 1.807) is 35.2 Å². The molecule has 1 heterocycles. The molecule has 1 N–H and O–H groups in total. The Morgan fingerprint density at radius 3 is 2.46 bits per heavy atom. The van der Waals surface area contributed by atoms with Crippen LogP contribution in [-0.2, 0) is 0 Å². The van der Waals surface area contributed by atoms with E-state index in [-0.39, 0.29) is 17.3 Å². The number of nitrogens with one attached hydrogen (secondary N) is 1. The summed E-state index contributed by atoms with van der Waals surface area (Å²) in [5.74, 6) is 0.432. The number of anilines is 1. The number of para-hydroxylation sites is 1. The van der Waals surface area contributed by atoms with Crippen LogP contribution in [0.4, 0.5) is 11.4 Å². The first-order chi connectivity index (χ1) is 12.5. The summed E-state index contributed by atoms with van der Waals surface area (Å²) >= 11 is 0. The second kappa shape index (κ2) is 6.91. The van der Waals surface area contributed by atoms with Crippen molar-refractivity contribution in [3.63, 3.8) is 0 Å². The van der Waals surface area contributed by atoms with Crippen LogP contribution in [0.1, 0.15) is 29.0 Å². The van der Waals surface area contributed by atoms with Crippen molar-refractivity contribution in [3.8, 4) is 11.5 Å². The van der Waals surface area contributed by atoms with Gasteiger partial charge in [0, 0.05) is 12.2 Å². The second-order valence-corrected chi connectivity index (χ2v) is 5.71. The highest BCUT2D eigenvalue weighted by atomic mass is 16.6. The van der Waals surface area contributed by atoms with E-state index in [4.69, 9.17) is 9.47 Å². The quantitative estimate of drug-likeness (QED) is 0.652. The van der Waals surface area contributed by atoms with Gasteiger partial charge in [0.1, 0.15) is 6.17 Å². The molecule has 0 aliphatic carbocycles. The average molecular weight is 357 g/mol. The molecular formula is C18H19N3O5. The normalized spacial score (nSPS) is 15.9. The molecule has 136 valence electrons. The van der Waals surface area contributed by atoms with Gasteiger partial charge in [-0.3, -0.25) is 14.9 Å². The fourth-order valence-corrected chi connectivity index (χ4v) is 3.13. The molecule has 8 nitrogen and oxygen atoms in total. The van der Waals surface area contributed by atoms with Crippen LogP contribution < -0.4 is 14.8 Å². The van der Waals surface area contributed by atoms with Gasteiger partial charge in [-0.1, -0.05) is 12.1 Å². The minimum absolute atomic E-state index is 0.147. The van der Waals surface area contributed by atoms with E-state index in [0.717, 1.165) is 0 Å². The monoisotopic (exact) mass is 357 g/mol. The molecule has 0 aromatic heterocycles. The molecule has 0 saturated carbocycles. The molecule has 8 heteroatoms. The number of benzene rings is 2. The van der Waals surface area contributed by atoms with Gasteiger partial charge in [0.2, 0.25) is 0 Å². The fourth-order valence-electron chi connectivity index (χ4n) is 3.13. The predicted molar refractivity (Wildman–Crippen MR) is 95.7 cm³/mol. The molecule has 2 aromatic carbocycles. The second-order valence-electron chi connectivity index (χ2n) is 5.71. The number of nitrogens with zero attached hydrogens (tertiary/aromatic N) is 2. The molecule has 0 radical (unpaired) electrons. The summed E-state index contributed by atoms with van der Waals surface area (Å²) in [6.45, 7) is 2.21. The van der Waals surface area contributed by atoms with Gasteiger partial charge in [-0.05, 0) is 25.1 Å². The summed E-state index contributed by atoms with van der Waals surface area (Å²) in [6, 6.07) is 9.95. The lowest BCUT2D eigenvalue weighted by Crippen LogP contribution is -2.43. The molecule has 1 aliphatic rings. The summed E-state index contributed by atoms with van der Waals surface area (Å²) in [5, 5.41) is 14.9. The van der Waals surface area contributed by atoms with E-state index in [2.05, 4.69) is 5.32 Å². The van der Waals surface area contributed by atoms with Crippen molar-refractivity contribution in [3.05, 3.63) is 57.6 Å². The molecule has 0 saturated heterocycles. The molecule has 0 bridgehead atoms. The first-order valence-electron chi connectivity index (χ1n) is 8.08. The van der Waals surface area contributed by atoms with Gasteiger partial charge in [-0.25, -0.2) is 0 Å². The number of rotatable bonds is 5. The van der Waals surface area contributed by atoms with Crippen molar-refractivity contribution in [1.29, 1.82) is 0 Å². The Hall–Kier alpha value is -3.29. The maximum Gasteiger partial charge on any atom is 0.280 e. The lowest BCUT2D eigenvalue weighted by molar-refractivity contribution is -0.386. The number of carbonyl (C=O) groups excluding carboxylic acids is 1. The van der Waals surface area contributed by atoms with E-state index in [1.807, 2.05) is 6.92 Å². The minimum atomic E-state index is -0.692. The molecule has 26 heavy (non-hydrogen) atoms. The number of hydrogen-bond acceptors (Lipinski definition) is 6. The van der Waals surface area contributed by atoms with Gasteiger partial charge in [0.15, 0.2) is 11.5 Å². The maximum atomic E-state index is 12.9. The molecule has 1 atom stereocenters. The predicted octanol–water partition coefficient (Wildman–Crippen LogP) is 3.20. The highest BCUT2D eigenvalue weighted by molar-refractivity contribution is 6.01. The minimum Gasteiger partial charge on any atom is -0.493 e. The summed E-state index contributed by atoms with van der Waals surface area (Å²) in [7, 11) is 2.87. The van der Waals surface area contributed by atoms with Crippen molar-refractivity contribution in [2.75, 3.05) is 26.1 Å². The number of ether oxygens (including phenoxy) is 2. The van der Waals surface area contributed by atoms with Gasteiger partial charge in [0.25, 0.3) is 11.6 Å². The molecule has 2 aromatic rings. The third-order valence-corrected chi connectivity index (χ3v) is 4.39. The first kappa shape index (κ1) is 17.5. The van der Waals surface area contributed by atoms with Crippen LogP contribution in [0.15, 0.2) is 36.4 Å². The van der Waals surface area contributed by atoms with Crippen LogP contribution in [-0.4, -0.2) is 36.5 Å². The number of amides is 1. The molecular weight excluding hydrogens is 338 g/mol. The van der Waals surface area contributed by atoms with Gasteiger partial charge >= 0.3 is 0 Å². The van der Waals surface area contributed by atoms with Crippen LogP contribution in [0.2, 0.25) is 0 Å². The standard InChI is InChI=1S/C18H19N3O5/c1-4-20-17(19-13-8-6-5-7-11(13)18(20)22)12-9-15(25-2)16(26-3)10-14(12)21(23)24/h5-10,17,19H,4H2,1-3H3/t17-/m0/s1. The molecule has 1 aliphatic heterocycles. The van der Waals surface area contributed by atoms with E-state index >= 15 is 0 Å². The molecule has 3 rings (SSSR count). The summed E-state index contributed by atoms with van der Waals surface area (Å²) in [4.78, 5) is 25.5. The molecule has 0 fully saturated rings. The van der Waals surface area contributed by atoms with Gasteiger partial charge in [-0.2, -0.15) is 0 Å². The highest BCUT2D eigenvalue weighted by Gasteiger charge is 2.36. The third kappa shape index (κ3) is 2.79. The Morgan fingerprint density at radius 1 is 1.19 bits per heavy atom. The van der Waals surface area contributed by atoms with Crippen LogP contribution >= 0.6 is 0 Å². The van der Waals surface area contributed by atoms with Crippen molar-refractivity contribution >= 4 is 17.3 Å². The van der Waals surface area contributed by atoms with E-state index in [9.17, 15) is 14.9 Å². The third-order valence-electron chi connectivity index (χ3n) is 4.39. The summed E-state index contributed by atoms with van der Waals surface area (Å²) < 4.78 is 10.5. The van der Waals surface area contributed by atoms with Crippen molar-refractivity contribution in [2.45, 2.75) is 13.1 Å².